The first-order valence-electron chi connectivity index (χ1n) is 11.1. The normalized spacial score (nSPS) is 18.7. The van der Waals surface area contributed by atoms with Crippen molar-refractivity contribution in [3.8, 4) is 11.5 Å². The van der Waals surface area contributed by atoms with Crippen molar-refractivity contribution in [2.75, 3.05) is 26.7 Å². The van der Waals surface area contributed by atoms with Gasteiger partial charge in [0.25, 0.3) is 0 Å². The molecule has 1 fully saturated rings. The molecule has 8 nitrogen and oxygen atoms in total. The standard InChI is InChI=1S/C25H30N2O6/c1-3-25(13-6-7-14-27(2)17-25)18-9-8-10-19(15-18)32-24(31)26-16-22(28)33-21-12-5-4-11-20(21)23(29)30/h4-5,8-12,15H,3,6-7,13-14,16-17H2,1-2H3,(H,26,31)(H,29,30). The van der Waals surface area contributed by atoms with E-state index in [0.29, 0.717) is 5.75 Å². The number of aromatic carboxylic acids is 1. The van der Waals surface area contributed by atoms with Crippen LogP contribution in [0.2, 0.25) is 0 Å². The maximum Gasteiger partial charge on any atom is 0.413 e. The summed E-state index contributed by atoms with van der Waals surface area (Å²) in [6.45, 7) is 3.75. The highest BCUT2D eigenvalue weighted by Gasteiger charge is 2.33. The number of rotatable bonds is 7. The summed E-state index contributed by atoms with van der Waals surface area (Å²) in [4.78, 5) is 37.9. The second kappa shape index (κ2) is 11.0. The summed E-state index contributed by atoms with van der Waals surface area (Å²) >= 11 is 0. The molecular weight excluding hydrogens is 424 g/mol. The molecule has 2 aromatic carbocycles. The second-order valence-electron chi connectivity index (χ2n) is 8.38. The number of nitrogens with zero attached hydrogens (tertiary/aromatic N) is 1. The predicted octanol–water partition coefficient (Wildman–Crippen LogP) is 3.84. The van der Waals surface area contributed by atoms with Crippen molar-refractivity contribution < 1.29 is 29.0 Å². The Morgan fingerprint density at radius 1 is 1.09 bits per heavy atom. The number of carboxylic acids is 1. The number of carbonyl (C=O) groups is 3. The van der Waals surface area contributed by atoms with Crippen LogP contribution >= 0.6 is 0 Å². The summed E-state index contributed by atoms with van der Waals surface area (Å²) < 4.78 is 10.5. The first kappa shape index (κ1) is 24.3. The molecule has 1 atom stereocenters. The SMILES string of the molecule is CCC1(c2cccc(OC(=O)NCC(=O)Oc3ccccc3C(=O)O)c2)CCCCN(C)C1. The summed E-state index contributed by atoms with van der Waals surface area (Å²) in [5.41, 5.74) is 0.996. The quantitative estimate of drug-likeness (QED) is 0.484. The zero-order chi connectivity index (χ0) is 23.8. The van der Waals surface area contributed by atoms with Crippen molar-refractivity contribution in [3.63, 3.8) is 0 Å². The van der Waals surface area contributed by atoms with Gasteiger partial charge in [0.1, 0.15) is 23.6 Å². The summed E-state index contributed by atoms with van der Waals surface area (Å²) in [6.07, 6.45) is 3.59. The number of carboxylic acid groups (broad SMARTS) is 1. The summed E-state index contributed by atoms with van der Waals surface area (Å²) in [7, 11) is 2.14. The van der Waals surface area contributed by atoms with Gasteiger partial charge in [-0.3, -0.25) is 0 Å². The highest BCUT2D eigenvalue weighted by molar-refractivity contribution is 5.92. The van der Waals surface area contributed by atoms with Crippen molar-refractivity contribution in [1.82, 2.24) is 10.2 Å². The summed E-state index contributed by atoms with van der Waals surface area (Å²) in [5, 5.41) is 11.5. The van der Waals surface area contributed by atoms with Crippen LogP contribution < -0.4 is 14.8 Å². The Bertz CT molecular complexity index is 1010. The molecule has 1 heterocycles. The number of ether oxygens (including phenoxy) is 2. The molecule has 2 N–H and O–H groups in total. The Morgan fingerprint density at radius 2 is 1.88 bits per heavy atom. The Morgan fingerprint density at radius 3 is 2.64 bits per heavy atom. The van der Waals surface area contributed by atoms with Gasteiger partial charge in [-0.25, -0.2) is 14.4 Å². The number of hydrogen-bond donors (Lipinski definition) is 2. The van der Waals surface area contributed by atoms with Gasteiger partial charge in [-0.15, -0.1) is 0 Å². The number of para-hydroxylation sites is 1. The third-order valence-electron chi connectivity index (χ3n) is 6.07. The van der Waals surface area contributed by atoms with Gasteiger partial charge in [-0.05, 0) is 62.7 Å². The number of carbonyl (C=O) groups excluding carboxylic acids is 2. The van der Waals surface area contributed by atoms with Crippen molar-refractivity contribution in [1.29, 1.82) is 0 Å². The minimum absolute atomic E-state index is 0.00241. The molecule has 1 saturated heterocycles. The van der Waals surface area contributed by atoms with Crippen LogP contribution in [0.4, 0.5) is 4.79 Å². The molecule has 2 aromatic rings. The number of likely N-dealkylation sites (N-methyl/N-ethyl adjacent to an activating group) is 1. The fourth-order valence-corrected chi connectivity index (χ4v) is 4.32. The first-order chi connectivity index (χ1) is 15.8. The van der Waals surface area contributed by atoms with Gasteiger partial charge < -0.3 is 24.8 Å². The lowest BCUT2D eigenvalue weighted by Gasteiger charge is -2.35. The lowest BCUT2D eigenvalue weighted by Crippen LogP contribution is -2.37. The molecule has 1 amide bonds. The highest BCUT2D eigenvalue weighted by atomic mass is 16.6. The zero-order valence-corrected chi connectivity index (χ0v) is 19.0. The topological polar surface area (TPSA) is 105 Å². The maximum absolute atomic E-state index is 12.2. The van der Waals surface area contributed by atoms with E-state index in [1.54, 1.807) is 12.1 Å². The number of amides is 1. The van der Waals surface area contributed by atoms with Gasteiger partial charge in [0.15, 0.2) is 0 Å². The van der Waals surface area contributed by atoms with Gasteiger partial charge >= 0.3 is 18.0 Å². The van der Waals surface area contributed by atoms with E-state index in [1.165, 1.54) is 24.6 Å². The number of likely N-dealkylation sites (tertiary alicyclic amines) is 1. The fourth-order valence-electron chi connectivity index (χ4n) is 4.32. The smallest absolute Gasteiger partial charge is 0.413 e. The molecule has 0 aliphatic carbocycles. The molecule has 8 heteroatoms. The number of benzene rings is 2. The van der Waals surface area contributed by atoms with Gasteiger partial charge in [0.2, 0.25) is 0 Å². The molecule has 0 aromatic heterocycles. The van der Waals surface area contributed by atoms with E-state index in [-0.39, 0.29) is 16.7 Å². The van der Waals surface area contributed by atoms with Crippen LogP contribution in [0.25, 0.3) is 0 Å². The fraction of sp³-hybridized carbons (Fsp3) is 0.400. The average Bonchev–Trinajstić information content (AvgIpc) is 3.00. The van der Waals surface area contributed by atoms with E-state index < -0.39 is 24.6 Å². The number of esters is 1. The highest BCUT2D eigenvalue weighted by Crippen LogP contribution is 2.37. The lowest BCUT2D eigenvalue weighted by atomic mass is 9.74. The van der Waals surface area contributed by atoms with E-state index in [9.17, 15) is 14.4 Å². The minimum Gasteiger partial charge on any atom is -0.478 e. The molecule has 1 unspecified atom stereocenters. The van der Waals surface area contributed by atoms with Crippen molar-refractivity contribution in [2.45, 2.75) is 38.0 Å². The molecule has 1 aliphatic rings. The summed E-state index contributed by atoms with van der Waals surface area (Å²) in [6, 6.07) is 13.3. The second-order valence-corrected chi connectivity index (χ2v) is 8.38. The molecule has 33 heavy (non-hydrogen) atoms. The van der Waals surface area contributed by atoms with Crippen LogP contribution in [0, 0.1) is 0 Å². The number of hydrogen-bond acceptors (Lipinski definition) is 6. The maximum atomic E-state index is 12.2. The molecule has 0 radical (unpaired) electrons. The van der Waals surface area contributed by atoms with E-state index in [0.717, 1.165) is 37.9 Å². The zero-order valence-electron chi connectivity index (χ0n) is 19.0. The third-order valence-corrected chi connectivity index (χ3v) is 6.07. The lowest BCUT2D eigenvalue weighted by molar-refractivity contribution is -0.133. The van der Waals surface area contributed by atoms with E-state index in [1.807, 2.05) is 12.1 Å². The largest absolute Gasteiger partial charge is 0.478 e. The molecular formula is C25H30N2O6. The monoisotopic (exact) mass is 454 g/mol. The van der Waals surface area contributed by atoms with Crippen molar-refractivity contribution >= 4 is 18.0 Å². The van der Waals surface area contributed by atoms with E-state index in [2.05, 4.69) is 30.3 Å². The van der Waals surface area contributed by atoms with Crippen LogP contribution in [-0.2, 0) is 10.2 Å². The Labute approximate surface area is 193 Å². The van der Waals surface area contributed by atoms with Crippen molar-refractivity contribution in [3.05, 3.63) is 59.7 Å². The predicted molar refractivity (Wildman–Crippen MR) is 123 cm³/mol. The van der Waals surface area contributed by atoms with Gasteiger partial charge in [0, 0.05) is 12.0 Å². The average molecular weight is 455 g/mol. The van der Waals surface area contributed by atoms with Crippen LogP contribution in [0.15, 0.2) is 48.5 Å². The van der Waals surface area contributed by atoms with Crippen LogP contribution in [0.3, 0.4) is 0 Å². The molecule has 0 bridgehead atoms. The van der Waals surface area contributed by atoms with Crippen LogP contribution in [0.1, 0.15) is 48.5 Å². The van der Waals surface area contributed by atoms with Gasteiger partial charge in [-0.1, -0.05) is 37.6 Å². The van der Waals surface area contributed by atoms with E-state index in [4.69, 9.17) is 14.6 Å². The molecule has 176 valence electrons. The third kappa shape index (κ3) is 6.32. The Kier molecular flexibility index (Phi) is 8.06. The molecule has 1 aliphatic heterocycles. The first-order valence-corrected chi connectivity index (χ1v) is 11.1. The van der Waals surface area contributed by atoms with Crippen LogP contribution in [0.5, 0.6) is 11.5 Å². The molecule has 0 saturated carbocycles. The summed E-state index contributed by atoms with van der Waals surface area (Å²) in [5.74, 6) is -1.71. The Hall–Kier alpha value is -3.39. The number of nitrogens with one attached hydrogen (secondary N) is 1. The van der Waals surface area contributed by atoms with Crippen molar-refractivity contribution in [2.24, 2.45) is 0 Å². The molecule has 3 rings (SSSR count). The van der Waals surface area contributed by atoms with E-state index >= 15 is 0 Å². The minimum atomic E-state index is -1.21. The van der Waals surface area contributed by atoms with Gasteiger partial charge in [-0.2, -0.15) is 0 Å². The van der Waals surface area contributed by atoms with Gasteiger partial charge in [0.05, 0.1) is 0 Å². The van der Waals surface area contributed by atoms with Crippen LogP contribution in [-0.4, -0.2) is 54.7 Å². The Balaban J connectivity index is 1.60. The molecule has 0 spiro atoms.